The Bertz CT molecular complexity index is 750. The lowest BCUT2D eigenvalue weighted by Crippen LogP contribution is -2.73. The lowest BCUT2D eigenvalue weighted by Gasteiger charge is -2.45. The third kappa shape index (κ3) is 3.74. The molecule has 4 N–H and O–H groups in total. The van der Waals surface area contributed by atoms with Gasteiger partial charge in [0, 0.05) is 0 Å². The third-order valence-electron chi connectivity index (χ3n) is 4.21. The first-order valence-corrected chi connectivity index (χ1v) is 8.40. The van der Waals surface area contributed by atoms with Crippen LogP contribution in [0.25, 0.3) is 0 Å². The summed E-state index contributed by atoms with van der Waals surface area (Å²) in [4.78, 5) is 12.4. The minimum Gasteiger partial charge on any atom is -0.502 e. The number of thiocarbonyl (C=S) groups is 1. The summed E-state index contributed by atoms with van der Waals surface area (Å²) < 4.78 is 55.9. The number of halogens is 3. The molecule has 0 spiro atoms. The lowest BCUT2D eigenvalue weighted by atomic mass is 9.82. The Kier molecular flexibility index (Phi) is 6.14. The molecular formula is C16H19F3N2O6S. The van der Waals surface area contributed by atoms with Crippen LogP contribution >= 0.6 is 12.2 Å². The Hall–Kier alpha value is -2.47. The molecule has 0 bridgehead atoms. The van der Waals surface area contributed by atoms with Gasteiger partial charge in [-0.25, -0.2) is 0 Å². The summed E-state index contributed by atoms with van der Waals surface area (Å²) in [6, 6.07) is 0.932. The van der Waals surface area contributed by atoms with Gasteiger partial charge in [-0.15, -0.1) is 0 Å². The van der Waals surface area contributed by atoms with E-state index in [1.807, 2.05) is 0 Å². The summed E-state index contributed by atoms with van der Waals surface area (Å²) in [5, 5.41) is 24.2. The summed E-state index contributed by atoms with van der Waals surface area (Å²) in [7, 11) is 2.46. The average molecular weight is 424 g/mol. The van der Waals surface area contributed by atoms with E-state index in [0.717, 1.165) is 0 Å². The maximum atomic E-state index is 13.7. The second kappa shape index (κ2) is 7.87. The van der Waals surface area contributed by atoms with E-state index in [9.17, 15) is 28.2 Å². The van der Waals surface area contributed by atoms with Gasteiger partial charge in [0.05, 0.1) is 26.9 Å². The highest BCUT2D eigenvalue weighted by atomic mass is 32.1. The zero-order chi connectivity index (χ0) is 21.3. The minimum absolute atomic E-state index is 0.0380. The average Bonchev–Trinajstić information content (AvgIpc) is 2.60. The van der Waals surface area contributed by atoms with Gasteiger partial charge in [-0.1, -0.05) is 0 Å². The number of phenolic OH excluding ortho intramolecular Hbond substituents is 1. The van der Waals surface area contributed by atoms with Crippen molar-refractivity contribution < 1.29 is 42.4 Å². The smallest absolute Gasteiger partial charge is 0.437 e. The molecule has 1 saturated heterocycles. The van der Waals surface area contributed by atoms with Crippen LogP contribution in [0.5, 0.6) is 17.2 Å². The van der Waals surface area contributed by atoms with E-state index in [0.29, 0.717) is 0 Å². The fourth-order valence-electron chi connectivity index (χ4n) is 2.91. The third-order valence-corrected chi connectivity index (χ3v) is 4.43. The van der Waals surface area contributed by atoms with Crippen LogP contribution in [0.2, 0.25) is 0 Å². The van der Waals surface area contributed by atoms with Gasteiger partial charge in [0.1, 0.15) is 5.92 Å². The number of esters is 1. The molecule has 1 aliphatic heterocycles. The molecule has 0 radical (unpaired) electrons. The predicted octanol–water partition coefficient (Wildman–Crippen LogP) is 1.36. The molecule has 1 aromatic rings. The number of carbonyl (C=O) groups is 1. The normalized spacial score (nSPS) is 24.8. The zero-order valence-corrected chi connectivity index (χ0v) is 15.9. The molecule has 1 fully saturated rings. The van der Waals surface area contributed by atoms with E-state index in [2.05, 4.69) is 5.32 Å². The van der Waals surface area contributed by atoms with Crippen molar-refractivity contribution in [2.24, 2.45) is 5.92 Å². The van der Waals surface area contributed by atoms with E-state index in [1.165, 1.54) is 33.3 Å². The summed E-state index contributed by atoms with van der Waals surface area (Å²) in [6.07, 6.45) is -5.26. The number of alkyl halides is 3. The lowest BCUT2D eigenvalue weighted by molar-refractivity contribution is -0.292. The molecule has 0 unspecified atom stereocenters. The molecule has 12 heteroatoms. The molecule has 3 atom stereocenters. The second-order valence-corrected chi connectivity index (χ2v) is 6.25. The van der Waals surface area contributed by atoms with Crippen LogP contribution < -0.4 is 20.1 Å². The number of aromatic hydroxyl groups is 1. The number of carbonyl (C=O) groups excluding carboxylic acids is 1. The number of phenols is 1. The van der Waals surface area contributed by atoms with Crippen molar-refractivity contribution in [3.63, 3.8) is 0 Å². The van der Waals surface area contributed by atoms with Crippen LogP contribution in [-0.2, 0) is 9.53 Å². The maximum absolute atomic E-state index is 13.7. The Balaban J connectivity index is 2.68. The summed E-state index contributed by atoms with van der Waals surface area (Å²) in [6.45, 7) is 1.21. The van der Waals surface area contributed by atoms with Gasteiger partial charge in [-0.3, -0.25) is 4.79 Å². The van der Waals surface area contributed by atoms with Crippen molar-refractivity contribution in [2.45, 2.75) is 24.9 Å². The number of methoxy groups -OCH3 is 2. The highest BCUT2D eigenvalue weighted by Gasteiger charge is 2.66. The van der Waals surface area contributed by atoms with Crippen LogP contribution in [0.1, 0.15) is 18.5 Å². The summed E-state index contributed by atoms with van der Waals surface area (Å²) in [5.41, 5.74) is -3.65. The van der Waals surface area contributed by atoms with E-state index < -0.39 is 34.9 Å². The maximum Gasteiger partial charge on any atom is 0.437 e. The largest absolute Gasteiger partial charge is 0.502 e. The van der Waals surface area contributed by atoms with Crippen molar-refractivity contribution in [3.8, 4) is 17.2 Å². The topological polar surface area (TPSA) is 109 Å². The van der Waals surface area contributed by atoms with E-state index in [1.54, 1.807) is 5.32 Å². The molecule has 2 rings (SSSR count). The molecule has 1 heterocycles. The van der Waals surface area contributed by atoms with Crippen LogP contribution in [0.3, 0.4) is 0 Å². The number of rotatable bonds is 5. The van der Waals surface area contributed by atoms with Crippen LogP contribution in [0.15, 0.2) is 12.1 Å². The van der Waals surface area contributed by atoms with Crippen molar-refractivity contribution >= 4 is 23.3 Å². The molecule has 1 aliphatic rings. The number of aliphatic hydroxyl groups is 1. The summed E-state index contributed by atoms with van der Waals surface area (Å²) in [5.74, 6) is -4.08. The van der Waals surface area contributed by atoms with Gasteiger partial charge < -0.3 is 35.1 Å². The molecule has 0 amide bonds. The van der Waals surface area contributed by atoms with E-state index in [4.69, 9.17) is 26.4 Å². The van der Waals surface area contributed by atoms with Crippen LogP contribution in [0, 0.1) is 5.92 Å². The molecule has 0 saturated carbocycles. The molecule has 28 heavy (non-hydrogen) atoms. The highest BCUT2D eigenvalue weighted by Crippen LogP contribution is 2.46. The van der Waals surface area contributed by atoms with E-state index in [-0.39, 0.29) is 29.4 Å². The predicted molar refractivity (Wildman–Crippen MR) is 93.9 cm³/mol. The fraction of sp³-hybridized carbons (Fsp3) is 0.500. The first-order valence-electron chi connectivity index (χ1n) is 7.99. The monoisotopic (exact) mass is 424 g/mol. The second-order valence-electron chi connectivity index (χ2n) is 5.84. The Labute approximate surface area is 163 Å². The zero-order valence-electron chi connectivity index (χ0n) is 15.1. The molecule has 156 valence electrons. The van der Waals surface area contributed by atoms with Crippen molar-refractivity contribution in [3.05, 3.63) is 17.7 Å². The van der Waals surface area contributed by atoms with E-state index >= 15 is 0 Å². The van der Waals surface area contributed by atoms with Gasteiger partial charge >= 0.3 is 12.1 Å². The number of hydrogen-bond acceptors (Lipinski definition) is 7. The highest BCUT2D eigenvalue weighted by molar-refractivity contribution is 7.80. The molecule has 1 aromatic carbocycles. The van der Waals surface area contributed by atoms with Gasteiger partial charge in [0.15, 0.2) is 16.6 Å². The number of benzene rings is 1. The molecule has 0 aliphatic carbocycles. The van der Waals surface area contributed by atoms with Crippen molar-refractivity contribution in [1.29, 1.82) is 0 Å². The number of hydrogen-bond donors (Lipinski definition) is 4. The Morgan fingerprint density at radius 2 is 1.82 bits per heavy atom. The van der Waals surface area contributed by atoms with Crippen LogP contribution in [0.4, 0.5) is 13.2 Å². The van der Waals surface area contributed by atoms with Crippen LogP contribution in [-0.4, -0.2) is 54.0 Å². The molecule has 0 aromatic heterocycles. The standard InChI is InChI=1S/C16H19F3N2O6S/c1-4-27-13(23)10-11(20-14(28)21-15(10,24)16(17,18)19)7-5-8(25-2)12(22)9(6-7)26-3/h5-6,10-11,22,24H,4H2,1-3H3,(H2,20,21,28)/t10-,11-,15+/m0/s1. The van der Waals surface area contributed by atoms with Gasteiger partial charge in [0.25, 0.3) is 5.72 Å². The number of nitrogens with one attached hydrogen (secondary N) is 2. The van der Waals surface area contributed by atoms with Gasteiger partial charge in [-0.05, 0) is 36.8 Å². The molecular weight excluding hydrogens is 405 g/mol. The Morgan fingerprint density at radius 3 is 2.25 bits per heavy atom. The SMILES string of the molecule is CCOC(=O)[C@@H]1[C@H](c2cc(OC)c(O)c(OC)c2)NC(=S)N[C@]1(O)C(F)(F)F. The van der Waals surface area contributed by atoms with Crippen molar-refractivity contribution in [2.75, 3.05) is 20.8 Å². The first-order chi connectivity index (χ1) is 13.0. The first kappa shape index (κ1) is 21.8. The summed E-state index contributed by atoms with van der Waals surface area (Å²) >= 11 is 4.81. The molecule has 8 nitrogen and oxygen atoms in total. The Morgan fingerprint density at radius 1 is 1.29 bits per heavy atom. The van der Waals surface area contributed by atoms with Gasteiger partial charge in [0.2, 0.25) is 5.75 Å². The van der Waals surface area contributed by atoms with Gasteiger partial charge in [-0.2, -0.15) is 13.2 Å². The van der Waals surface area contributed by atoms with Crippen molar-refractivity contribution in [1.82, 2.24) is 10.6 Å². The quantitative estimate of drug-likeness (QED) is 0.411. The number of ether oxygens (including phenoxy) is 3. The minimum atomic E-state index is -5.26. The fourth-order valence-corrected chi connectivity index (χ4v) is 3.19.